The molecule has 5 unspecified atom stereocenters. The Morgan fingerprint density at radius 2 is 0.442 bits per heavy atom. The monoisotopic (exact) mass is 1630 g/mol. The van der Waals surface area contributed by atoms with Crippen molar-refractivity contribution in [2.24, 2.45) is 0 Å². The Bertz CT molecular complexity index is 2440. The van der Waals surface area contributed by atoms with Gasteiger partial charge in [-0.05, 0) is 109 Å². The number of aliphatic hydroxyl groups is 2. The summed E-state index contributed by atoms with van der Waals surface area (Å²) in [6.45, 7) is 2.69. The first-order valence-corrected chi connectivity index (χ1v) is 49.5. The van der Waals surface area contributed by atoms with Crippen LogP contribution in [0.3, 0.4) is 0 Å². The number of unbranched alkanes of at least 4 members (excludes halogenated alkanes) is 50. The maximum absolute atomic E-state index is 13.0. The van der Waals surface area contributed by atoms with Gasteiger partial charge in [0.05, 0.1) is 26.4 Å². The highest BCUT2D eigenvalue weighted by Crippen LogP contribution is 2.45. The summed E-state index contributed by atoms with van der Waals surface area (Å²) in [6.07, 6.45) is 105. The molecule has 0 aromatic heterocycles. The summed E-state index contributed by atoms with van der Waals surface area (Å²) in [4.78, 5) is 58.8. The second-order valence-corrected chi connectivity index (χ2v) is 34.4. The molecule has 5 atom stereocenters. The molecule has 0 aliphatic rings. The summed E-state index contributed by atoms with van der Waals surface area (Å²) in [5.41, 5.74) is 0. The van der Waals surface area contributed by atoms with Crippen LogP contribution in [0.5, 0.6) is 0 Å². The number of ether oxygens (including phenoxy) is 3. The average Bonchev–Trinajstić information content (AvgIpc) is 0.901. The van der Waals surface area contributed by atoms with Gasteiger partial charge in [0.25, 0.3) is 0 Å². The molecule has 0 spiro atoms. The number of rotatable bonds is 89. The first kappa shape index (κ1) is 109. The molecule has 0 saturated heterocycles. The predicted molar refractivity (Wildman–Crippen MR) is 473 cm³/mol. The third-order valence-electron chi connectivity index (χ3n) is 20.3. The van der Waals surface area contributed by atoms with Crippen molar-refractivity contribution in [2.45, 2.75) is 450 Å². The third kappa shape index (κ3) is 89.1. The van der Waals surface area contributed by atoms with Gasteiger partial charge in [-0.2, -0.15) is 0 Å². The number of hydrogen-bond donors (Lipinski definition) is 4. The zero-order valence-electron chi connectivity index (χ0n) is 72.5. The fraction of sp³-hybridized carbons (Fsp3) is 0.800. The van der Waals surface area contributed by atoms with Crippen LogP contribution in [0, 0.1) is 0 Å². The lowest BCUT2D eigenvalue weighted by Gasteiger charge is -2.21. The van der Waals surface area contributed by atoms with Crippen LogP contribution in [0.4, 0.5) is 0 Å². The van der Waals surface area contributed by atoms with Crippen molar-refractivity contribution < 1.29 is 75.8 Å². The van der Waals surface area contributed by atoms with Crippen LogP contribution in [0.25, 0.3) is 0 Å². The van der Waals surface area contributed by atoms with E-state index in [2.05, 4.69) is 118 Å². The van der Waals surface area contributed by atoms with Crippen molar-refractivity contribution in [3.63, 3.8) is 0 Å². The van der Waals surface area contributed by atoms with Crippen LogP contribution in [0.2, 0.25) is 0 Å². The van der Waals surface area contributed by atoms with Crippen LogP contribution in [0.15, 0.2) is 97.2 Å². The van der Waals surface area contributed by atoms with Gasteiger partial charge in [0, 0.05) is 19.3 Å². The lowest BCUT2D eigenvalue weighted by molar-refractivity contribution is -0.161. The summed E-state index contributed by atoms with van der Waals surface area (Å²) in [6, 6.07) is 0. The standard InChI is InChI=1S/C95H172O16P2/c1-4-7-10-13-16-19-22-24-26-28-30-32-34-36-38-40-42-43-44-45-47-49-50-52-54-56-58-60-62-64-67-69-72-75-78-81-93(98)105-84-90(96)85-107-112(101,102)108-86-91(97)87-109-113(103,104)110-89-92(111-95(100)83-80-77-74-71-66-21-18-15-12-9-6-3)88-106-94(99)82-79-76-73-70-68-65-63-61-59-57-55-53-51-48-46-41-39-37-35-33-31-29-27-25-23-20-17-14-11-8-5-2/h16-17,19-20,24-27,30-33,36-39,90-92,96-97H,4-15,18,21-23,28-29,34-35,40-89H2,1-3H3,(H,101,102)(H,103,104)/b19-16-,20-17-,26-24-,27-25-,32-30-,33-31-,38-36-,39-37-. The molecular weight excluding hydrogens is 1460 g/mol. The van der Waals surface area contributed by atoms with Crippen molar-refractivity contribution in [2.75, 3.05) is 39.6 Å². The SMILES string of the molecule is CCCCC/C=C\C/C=C\C/C=C\C/C=C\CCCCCCCCCCCCCCCCCCCCCC(=O)OCC(O)COP(=O)(O)OCC(O)COP(=O)(O)OCC(COC(=O)CCCCCCCCCCCCCCCCC/C=C\C/C=C\C/C=C\C/C=C\CCCCC)OC(=O)CCCCCCCCCCCCC. The Balaban J connectivity index is 4.30. The Hall–Kier alpha value is -3.53. The highest BCUT2D eigenvalue weighted by Gasteiger charge is 2.30. The number of phosphoric acid groups is 2. The largest absolute Gasteiger partial charge is 0.472 e. The quantitative estimate of drug-likeness (QED) is 0.0146. The van der Waals surface area contributed by atoms with Gasteiger partial charge in [0.1, 0.15) is 25.4 Å². The summed E-state index contributed by atoms with van der Waals surface area (Å²) in [5, 5.41) is 20.7. The van der Waals surface area contributed by atoms with Crippen molar-refractivity contribution in [3.05, 3.63) is 97.2 Å². The highest BCUT2D eigenvalue weighted by molar-refractivity contribution is 7.47. The molecule has 0 heterocycles. The fourth-order valence-electron chi connectivity index (χ4n) is 13.2. The van der Waals surface area contributed by atoms with Gasteiger partial charge in [-0.15, -0.1) is 0 Å². The zero-order chi connectivity index (χ0) is 82.2. The average molecular weight is 1630 g/mol. The number of allylic oxidation sites excluding steroid dienone is 16. The van der Waals surface area contributed by atoms with Gasteiger partial charge >= 0.3 is 33.6 Å². The van der Waals surface area contributed by atoms with Crippen LogP contribution in [-0.2, 0) is 55.8 Å². The molecule has 113 heavy (non-hydrogen) atoms. The van der Waals surface area contributed by atoms with E-state index in [4.69, 9.17) is 32.3 Å². The lowest BCUT2D eigenvalue weighted by atomic mass is 10.0. The molecule has 0 aromatic carbocycles. The van der Waals surface area contributed by atoms with E-state index in [0.29, 0.717) is 19.3 Å². The number of carbonyl (C=O) groups excluding carboxylic acids is 3. The second kappa shape index (κ2) is 87.8. The lowest BCUT2D eigenvalue weighted by Crippen LogP contribution is -2.30. The van der Waals surface area contributed by atoms with Gasteiger partial charge in [0.2, 0.25) is 0 Å². The van der Waals surface area contributed by atoms with E-state index in [0.717, 1.165) is 103 Å². The molecule has 0 aliphatic heterocycles. The number of aliphatic hydroxyl groups excluding tert-OH is 2. The Labute approximate surface area is 692 Å². The van der Waals surface area contributed by atoms with E-state index in [1.165, 1.54) is 270 Å². The maximum Gasteiger partial charge on any atom is 0.472 e. The molecule has 4 N–H and O–H groups in total. The van der Waals surface area contributed by atoms with Gasteiger partial charge in [-0.25, -0.2) is 9.13 Å². The fourth-order valence-corrected chi connectivity index (χ4v) is 14.8. The summed E-state index contributed by atoms with van der Waals surface area (Å²) >= 11 is 0. The van der Waals surface area contributed by atoms with Crippen molar-refractivity contribution in [3.8, 4) is 0 Å². The van der Waals surface area contributed by atoms with E-state index in [1.54, 1.807) is 0 Å². The molecule has 16 nitrogen and oxygen atoms in total. The molecule has 0 saturated carbocycles. The molecule has 0 aromatic rings. The molecule has 18 heteroatoms. The van der Waals surface area contributed by atoms with Crippen LogP contribution >= 0.6 is 15.6 Å². The van der Waals surface area contributed by atoms with E-state index >= 15 is 0 Å². The van der Waals surface area contributed by atoms with E-state index in [9.17, 15) is 43.5 Å². The number of hydrogen-bond acceptors (Lipinski definition) is 14. The van der Waals surface area contributed by atoms with Gasteiger partial charge in [-0.3, -0.25) is 32.5 Å². The molecule has 0 amide bonds. The van der Waals surface area contributed by atoms with Crippen LogP contribution in [0.1, 0.15) is 432 Å². The van der Waals surface area contributed by atoms with E-state index in [-0.39, 0.29) is 19.3 Å². The molecule has 0 bridgehead atoms. The van der Waals surface area contributed by atoms with Gasteiger partial charge in [0.15, 0.2) is 6.10 Å². The number of phosphoric ester groups is 2. The van der Waals surface area contributed by atoms with Crippen LogP contribution in [-0.4, -0.2) is 95.9 Å². The summed E-state index contributed by atoms with van der Waals surface area (Å²) < 4.78 is 61.3. The highest BCUT2D eigenvalue weighted by atomic mass is 31.2. The maximum atomic E-state index is 13.0. The molecule has 0 radical (unpaired) electrons. The summed E-state index contributed by atoms with van der Waals surface area (Å²) in [7, 11) is -9.78. The molecule has 0 rings (SSSR count). The van der Waals surface area contributed by atoms with Crippen molar-refractivity contribution >= 4 is 33.6 Å². The van der Waals surface area contributed by atoms with Gasteiger partial charge < -0.3 is 34.2 Å². The van der Waals surface area contributed by atoms with Crippen LogP contribution < -0.4 is 0 Å². The van der Waals surface area contributed by atoms with Crippen molar-refractivity contribution in [1.82, 2.24) is 0 Å². The Morgan fingerprint density at radius 3 is 0.717 bits per heavy atom. The topological polar surface area (TPSA) is 231 Å². The Morgan fingerprint density at radius 1 is 0.248 bits per heavy atom. The second-order valence-electron chi connectivity index (χ2n) is 31.5. The normalized spacial score (nSPS) is 14.2. The molecule has 658 valence electrons. The molecule has 0 fully saturated rings. The molecular formula is C95H172O16P2. The number of esters is 3. The first-order chi connectivity index (χ1) is 55.2. The first-order valence-electron chi connectivity index (χ1n) is 46.5. The predicted octanol–water partition coefficient (Wildman–Crippen LogP) is 28.4. The Kier molecular flexibility index (Phi) is 85.0. The van der Waals surface area contributed by atoms with E-state index < -0.39 is 91.5 Å². The number of carbonyl (C=O) groups is 3. The third-order valence-corrected chi connectivity index (χ3v) is 22.2. The molecule has 0 aliphatic carbocycles. The minimum Gasteiger partial charge on any atom is -0.463 e. The minimum absolute atomic E-state index is 0.110. The van der Waals surface area contributed by atoms with Crippen molar-refractivity contribution in [1.29, 1.82) is 0 Å². The van der Waals surface area contributed by atoms with E-state index in [1.807, 2.05) is 0 Å². The summed E-state index contributed by atoms with van der Waals surface area (Å²) in [5.74, 6) is -1.55. The van der Waals surface area contributed by atoms with Gasteiger partial charge in [-0.1, -0.05) is 401 Å². The zero-order valence-corrected chi connectivity index (χ0v) is 74.3. The minimum atomic E-state index is -4.93. The smallest absolute Gasteiger partial charge is 0.463 e.